The molecule has 8 nitrogen and oxygen atoms in total. The second-order valence-electron chi connectivity index (χ2n) is 7.62. The molecule has 0 saturated carbocycles. The van der Waals surface area contributed by atoms with Crippen molar-refractivity contribution in [3.8, 4) is 5.75 Å². The molecule has 0 radical (unpaired) electrons. The molecule has 3 aromatic rings. The Morgan fingerprint density at radius 2 is 1.77 bits per heavy atom. The number of fused-ring (bicyclic) bond motifs is 1. The molecule has 0 atom stereocenters. The number of carbonyl (C=O) groups excluding carboxylic acids is 1. The molecule has 2 aromatic heterocycles. The van der Waals surface area contributed by atoms with E-state index in [-0.39, 0.29) is 16.8 Å². The van der Waals surface area contributed by atoms with Gasteiger partial charge in [-0.25, -0.2) is 13.4 Å². The zero-order valence-corrected chi connectivity index (χ0v) is 18.5. The van der Waals surface area contributed by atoms with Gasteiger partial charge >= 0.3 is 0 Å². The first-order chi connectivity index (χ1) is 14.9. The van der Waals surface area contributed by atoms with E-state index in [4.69, 9.17) is 4.74 Å². The van der Waals surface area contributed by atoms with E-state index in [1.165, 1.54) is 9.96 Å². The maximum Gasteiger partial charge on any atom is 0.274 e. The summed E-state index contributed by atoms with van der Waals surface area (Å²) in [5, 5.41) is -0.111. The number of benzene rings is 1. The lowest BCUT2D eigenvalue weighted by Crippen LogP contribution is -2.48. The van der Waals surface area contributed by atoms with Crippen molar-refractivity contribution in [2.24, 2.45) is 0 Å². The molecular weight excluding hydrogens is 416 g/mol. The summed E-state index contributed by atoms with van der Waals surface area (Å²) in [7, 11) is -3.56. The van der Waals surface area contributed by atoms with Gasteiger partial charge in [-0.15, -0.1) is 0 Å². The van der Waals surface area contributed by atoms with E-state index in [1.807, 2.05) is 19.1 Å². The van der Waals surface area contributed by atoms with Gasteiger partial charge in [0.1, 0.15) is 5.75 Å². The van der Waals surface area contributed by atoms with Gasteiger partial charge in [0.25, 0.3) is 5.91 Å². The molecule has 31 heavy (non-hydrogen) atoms. The van der Waals surface area contributed by atoms with Crippen molar-refractivity contribution in [3.05, 3.63) is 59.9 Å². The number of aromatic nitrogens is 2. The molecule has 1 aromatic carbocycles. The van der Waals surface area contributed by atoms with Crippen LogP contribution in [-0.2, 0) is 16.4 Å². The number of imidazole rings is 1. The second-order valence-corrected chi connectivity index (χ2v) is 9.53. The van der Waals surface area contributed by atoms with Crippen molar-refractivity contribution in [2.75, 3.05) is 39.0 Å². The minimum atomic E-state index is -3.56. The number of piperazine rings is 1. The topological polar surface area (TPSA) is 84.2 Å². The van der Waals surface area contributed by atoms with Gasteiger partial charge in [-0.2, -0.15) is 0 Å². The predicted octanol–water partition coefficient (Wildman–Crippen LogP) is 2.09. The summed E-state index contributed by atoms with van der Waals surface area (Å²) in [6.45, 7) is 6.02. The molecule has 0 aliphatic carbocycles. The fourth-order valence-electron chi connectivity index (χ4n) is 3.80. The summed E-state index contributed by atoms with van der Waals surface area (Å²) in [6.07, 6.45) is 2.72. The highest BCUT2D eigenvalue weighted by Gasteiger charge is 2.28. The second kappa shape index (κ2) is 8.68. The van der Waals surface area contributed by atoms with Crippen LogP contribution in [0.25, 0.3) is 5.52 Å². The first kappa shape index (κ1) is 21.3. The number of sulfone groups is 1. The lowest BCUT2D eigenvalue weighted by molar-refractivity contribution is 0.0625. The lowest BCUT2D eigenvalue weighted by atomic mass is 10.2. The third-order valence-corrected chi connectivity index (χ3v) is 6.30. The third kappa shape index (κ3) is 4.57. The molecule has 1 aliphatic heterocycles. The Morgan fingerprint density at radius 3 is 2.42 bits per heavy atom. The molecule has 1 saturated heterocycles. The smallest absolute Gasteiger partial charge is 0.274 e. The Hall–Kier alpha value is -2.91. The van der Waals surface area contributed by atoms with Crippen molar-refractivity contribution >= 4 is 21.3 Å². The van der Waals surface area contributed by atoms with Crippen molar-refractivity contribution in [1.82, 2.24) is 19.2 Å². The molecule has 0 N–H and O–H groups in total. The number of hydrogen-bond acceptors (Lipinski definition) is 6. The van der Waals surface area contributed by atoms with Gasteiger partial charge < -0.3 is 9.64 Å². The number of amides is 1. The molecule has 1 aliphatic rings. The van der Waals surface area contributed by atoms with Crippen LogP contribution < -0.4 is 4.74 Å². The molecule has 0 unspecified atom stereocenters. The average molecular weight is 443 g/mol. The van der Waals surface area contributed by atoms with Gasteiger partial charge in [-0.3, -0.25) is 14.1 Å². The van der Waals surface area contributed by atoms with E-state index in [0.29, 0.717) is 25.2 Å². The number of ether oxygens (including phenoxy) is 1. The summed E-state index contributed by atoms with van der Waals surface area (Å²) < 4.78 is 31.2. The SMILES string of the molecule is CCOc1ccc(CN2CCN(C(=O)c3nc(S(C)(=O)=O)n4ccccc34)CC2)cc1. The van der Waals surface area contributed by atoms with Crippen molar-refractivity contribution in [1.29, 1.82) is 0 Å². The molecular formula is C22H26N4O4S. The van der Waals surface area contributed by atoms with Crippen LogP contribution in [0, 0.1) is 0 Å². The quantitative estimate of drug-likeness (QED) is 0.581. The van der Waals surface area contributed by atoms with Crippen LogP contribution in [0.1, 0.15) is 23.0 Å². The van der Waals surface area contributed by atoms with Crippen molar-refractivity contribution in [2.45, 2.75) is 18.6 Å². The van der Waals surface area contributed by atoms with E-state index in [0.717, 1.165) is 31.6 Å². The zero-order valence-electron chi connectivity index (χ0n) is 17.7. The molecule has 1 amide bonds. The van der Waals surface area contributed by atoms with Crippen LogP contribution >= 0.6 is 0 Å². The van der Waals surface area contributed by atoms with Gasteiger partial charge in [-0.05, 0) is 36.8 Å². The average Bonchev–Trinajstić information content (AvgIpc) is 3.16. The molecule has 0 bridgehead atoms. The predicted molar refractivity (Wildman–Crippen MR) is 117 cm³/mol. The fraction of sp³-hybridized carbons (Fsp3) is 0.364. The summed E-state index contributed by atoms with van der Waals surface area (Å²) in [4.78, 5) is 21.4. The summed E-state index contributed by atoms with van der Waals surface area (Å²) in [5.41, 5.74) is 1.88. The number of carbonyl (C=O) groups is 1. The Labute approximate surface area is 182 Å². The normalized spacial score (nSPS) is 15.4. The van der Waals surface area contributed by atoms with Crippen LogP contribution in [0.15, 0.2) is 53.8 Å². The maximum atomic E-state index is 13.1. The molecule has 0 spiro atoms. The first-order valence-electron chi connectivity index (χ1n) is 10.3. The van der Waals surface area contributed by atoms with E-state index in [9.17, 15) is 13.2 Å². The summed E-state index contributed by atoms with van der Waals surface area (Å²) in [5.74, 6) is 0.627. The first-order valence-corrected chi connectivity index (χ1v) is 12.2. The number of pyridine rings is 1. The highest BCUT2D eigenvalue weighted by Crippen LogP contribution is 2.20. The summed E-state index contributed by atoms with van der Waals surface area (Å²) >= 11 is 0. The molecule has 164 valence electrons. The van der Waals surface area contributed by atoms with E-state index >= 15 is 0 Å². The number of nitrogens with zero attached hydrogens (tertiary/aromatic N) is 4. The van der Waals surface area contributed by atoms with E-state index < -0.39 is 9.84 Å². The Kier molecular flexibility index (Phi) is 5.97. The minimum absolute atomic E-state index is 0.111. The highest BCUT2D eigenvalue weighted by molar-refractivity contribution is 7.90. The molecule has 9 heteroatoms. The monoisotopic (exact) mass is 442 g/mol. The zero-order chi connectivity index (χ0) is 22.0. The maximum absolute atomic E-state index is 13.1. The van der Waals surface area contributed by atoms with Gasteiger partial charge in [-0.1, -0.05) is 18.2 Å². The van der Waals surface area contributed by atoms with Crippen LogP contribution in [0.2, 0.25) is 0 Å². The molecule has 4 rings (SSSR count). The van der Waals surface area contributed by atoms with Crippen LogP contribution in [0.4, 0.5) is 0 Å². The Morgan fingerprint density at radius 1 is 1.06 bits per heavy atom. The van der Waals surface area contributed by atoms with Crippen LogP contribution in [-0.4, -0.2) is 72.6 Å². The summed E-state index contributed by atoms with van der Waals surface area (Å²) in [6, 6.07) is 13.3. The molecule has 3 heterocycles. The number of hydrogen-bond donors (Lipinski definition) is 0. The minimum Gasteiger partial charge on any atom is -0.494 e. The van der Waals surface area contributed by atoms with Crippen molar-refractivity contribution < 1.29 is 17.9 Å². The largest absolute Gasteiger partial charge is 0.494 e. The van der Waals surface area contributed by atoms with Gasteiger partial charge in [0.2, 0.25) is 15.0 Å². The van der Waals surface area contributed by atoms with E-state index in [2.05, 4.69) is 22.0 Å². The standard InChI is InChI=1S/C22H26N4O4S/c1-3-30-18-9-7-17(8-10-18)16-24-12-14-25(15-13-24)21(27)20-19-6-4-5-11-26(19)22(23-20)31(2,28)29/h4-11H,3,12-16H2,1-2H3. The Bertz CT molecular complexity index is 1180. The van der Waals surface area contributed by atoms with Crippen LogP contribution in [0.5, 0.6) is 5.75 Å². The number of rotatable bonds is 6. The van der Waals surface area contributed by atoms with Gasteiger partial charge in [0.05, 0.1) is 12.1 Å². The Balaban J connectivity index is 1.44. The van der Waals surface area contributed by atoms with Gasteiger partial charge in [0, 0.05) is 45.2 Å². The highest BCUT2D eigenvalue weighted by atomic mass is 32.2. The van der Waals surface area contributed by atoms with E-state index in [1.54, 1.807) is 29.3 Å². The third-order valence-electron chi connectivity index (χ3n) is 5.35. The van der Waals surface area contributed by atoms with Crippen molar-refractivity contribution in [3.63, 3.8) is 0 Å². The van der Waals surface area contributed by atoms with Gasteiger partial charge in [0.15, 0.2) is 5.69 Å². The van der Waals surface area contributed by atoms with Crippen LogP contribution in [0.3, 0.4) is 0 Å². The fourth-order valence-corrected chi connectivity index (χ4v) is 4.58. The molecule has 1 fully saturated rings. The lowest BCUT2D eigenvalue weighted by Gasteiger charge is -2.34.